The summed E-state index contributed by atoms with van der Waals surface area (Å²) in [7, 11) is 0. The van der Waals surface area contributed by atoms with Crippen LogP contribution in [0.2, 0.25) is 5.02 Å². The van der Waals surface area contributed by atoms with Gasteiger partial charge in [-0.2, -0.15) is 0 Å². The first kappa shape index (κ1) is 14.4. The van der Waals surface area contributed by atoms with Crippen LogP contribution in [0.15, 0.2) is 24.3 Å². The van der Waals surface area contributed by atoms with Crippen LogP contribution in [0.3, 0.4) is 0 Å². The first-order valence-electron chi connectivity index (χ1n) is 8.41. The first-order valence-corrected chi connectivity index (χ1v) is 8.79. The lowest BCUT2D eigenvalue weighted by Crippen LogP contribution is -2.61. The standard InChI is InChI=1S/C18H23ClN2O/c19-16-4-2-1-3-15(16)11-20-17(22)21-18-8-12-5-13(9-18)7-14(6-12)10-18/h1-4,12-14H,5-11H2,(H2,20,21,22). The largest absolute Gasteiger partial charge is 0.334 e. The van der Waals surface area contributed by atoms with Gasteiger partial charge in [0.05, 0.1) is 0 Å². The van der Waals surface area contributed by atoms with Crippen LogP contribution >= 0.6 is 11.6 Å². The number of carbonyl (C=O) groups excluding carboxylic acids is 1. The molecule has 0 atom stereocenters. The molecule has 0 spiro atoms. The molecule has 1 aromatic carbocycles. The summed E-state index contributed by atoms with van der Waals surface area (Å²) in [6, 6.07) is 7.62. The Morgan fingerprint density at radius 1 is 1.09 bits per heavy atom. The van der Waals surface area contributed by atoms with Gasteiger partial charge in [-0.15, -0.1) is 0 Å². The monoisotopic (exact) mass is 318 g/mol. The molecule has 118 valence electrons. The Morgan fingerprint density at radius 3 is 2.27 bits per heavy atom. The van der Waals surface area contributed by atoms with Gasteiger partial charge in [-0.1, -0.05) is 29.8 Å². The Bertz CT molecular complexity index is 551. The summed E-state index contributed by atoms with van der Waals surface area (Å²) >= 11 is 6.14. The first-order chi connectivity index (χ1) is 10.6. The molecule has 4 aliphatic rings. The highest BCUT2D eigenvalue weighted by atomic mass is 35.5. The van der Waals surface area contributed by atoms with Gasteiger partial charge in [0.1, 0.15) is 0 Å². The van der Waals surface area contributed by atoms with E-state index in [2.05, 4.69) is 10.6 Å². The average Bonchev–Trinajstić information content (AvgIpc) is 2.44. The molecule has 0 aliphatic heterocycles. The van der Waals surface area contributed by atoms with E-state index < -0.39 is 0 Å². The van der Waals surface area contributed by atoms with Crippen molar-refractivity contribution in [1.82, 2.24) is 10.6 Å². The van der Waals surface area contributed by atoms with Gasteiger partial charge in [0.15, 0.2) is 0 Å². The maximum absolute atomic E-state index is 12.3. The second kappa shape index (κ2) is 5.45. The minimum atomic E-state index is -0.0399. The fourth-order valence-corrected chi connectivity index (χ4v) is 5.57. The van der Waals surface area contributed by atoms with E-state index in [1.807, 2.05) is 24.3 Å². The SMILES string of the molecule is O=C(NCc1ccccc1Cl)NC12CC3CC(CC(C3)C1)C2. The zero-order valence-electron chi connectivity index (χ0n) is 12.8. The molecule has 0 heterocycles. The Hall–Kier alpha value is -1.22. The second-order valence-corrected chi connectivity index (χ2v) is 8.00. The number of urea groups is 1. The van der Waals surface area contributed by atoms with E-state index in [9.17, 15) is 4.79 Å². The van der Waals surface area contributed by atoms with Crippen molar-refractivity contribution in [3.05, 3.63) is 34.9 Å². The number of nitrogens with one attached hydrogen (secondary N) is 2. The lowest BCUT2D eigenvalue weighted by molar-refractivity contribution is -0.0135. The van der Waals surface area contributed by atoms with Crippen LogP contribution < -0.4 is 10.6 Å². The van der Waals surface area contributed by atoms with E-state index in [-0.39, 0.29) is 11.6 Å². The molecule has 5 rings (SSSR count). The third kappa shape index (κ3) is 2.71. The number of benzene rings is 1. The van der Waals surface area contributed by atoms with Crippen LogP contribution in [0.5, 0.6) is 0 Å². The van der Waals surface area contributed by atoms with Crippen molar-refractivity contribution in [1.29, 1.82) is 0 Å². The summed E-state index contributed by atoms with van der Waals surface area (Å²) in [4.78, 5) is 12.3. The smallest absolute Gasteiger partial charge is 0.315 e. The lowest BCUT2D eigenvalue weighted by Gasteiger charge is -2.56. The van der Waals surface area contributed by atoms with Gasteiger partial charge in [-0.3, -0.25) is 0 Å². The number of carbonyl (C=O) groups is 1. The molecule has 2 N–H and O–H groups in total. The maximum atomic E-state index is 12.3. The quantitative estimate of drug-likeness (QED) is 0.865. The number of halogens is 1. The summed E-state index contributed by atoms with van der Waals surface area (Å²) in [5.74, 6) is 2.53. The minimum absolute atomic E-state index is 0.0399. The van der Waals surface area contributed by atoms with Crippen LogP contribution in [0, 0.1) is 17.8 Å². The van der Waals surface area contributed by atoms with Crippen molar-refractivity contribution in [2.45, 2.75) is 50.6 Å². The Labute approximate surface area is 136 Å². The molecular weight excluding hydrogens is 296 g/mol. The van der Waals surface area contributed by atoms with E-state index in [0.29, 0.717) is 11.6 Å². The van der Waals surface area contributed by atoms with Gasteiger partial charge in [0.25, 0.3) is 0 Å². The van der Waals surface area contributed by atoms with Crippen LogP contribution in [0.4, 0.5) is 4.79 Å². The highest BCUT2D eigenvalue weighted by Crippen LogP contribution is 2.55. The molecule has 2 amide bonds. The number of amides is 2. The van der Waals surface area contributed by atoms with Gasteiger partial charge < -0.3 is 10.6 Å². The molecule has 0 radical (unpaired) electrons. The van der Waals surface area contributed by atoms with E-state index in [0.717, 1.165) is 23.3 Å². The molecule has 4 bridgehead atoms. The van der Waals surface area contributed by atoms with Crippen molar-refractivity contribution in [2.75, 3.05) is 0 Å². The van der Waals surface area contributed by atoms with Crippen molar-refractivity contribution >= 4 is 17.6 Å². The highest BCUT2D eigenvalue weighted by Gasteiger charge is 2.51. The van der Waals surface area contributed by atoms with Crippen LogP contribution in [-0.4, -0.2) is 11.6 Å². The molecule has 0 saturated heterocycles. The van der Waals surface area contributed by atoms with Crippen LogP contribution in [0.25, 0.3) is 0 Å². The van der Waals surface area contributed by atoms with Crippen molar-refractivity contribution < 1.29 is 4.79 Å². The summed E-state index contributed by atoms with van der Waals surface area (Å²) in [5.41, 5.74) is 1.03. The lowest BCUT2D eigenvalue weighted by atomic mass is 9.53. The Kier molecular flexibility index (Phi) is 3.56. The number of rotatable bonds is 3. The summed E-state index contributed by atoms with van der Waals surface area (Å²) in [6.45, 7) is 0.484. The summed E-state index contributed by atoms with van der Waals surface area (Å²) in [5, 5.41) is 7.01. The molecule has 0 aromatic heterocycles. The van der Waals surface area contributed by atoms with Gasteiger partial charge >= 0.3 is 6.03 Å². The van der Waals surface area contributed by atoms with E-state index in [4.69, 9.17) is 11.6 Å². The minimum Gasteiger partial charge on any atom is -0.334 e. The molecule has 4 saturated carbocycles. The maximum Gasteiger partial charge on any atom is 0.315 e. The van der Waals surface area contributed by atoms with Crippen LogP contribution in [-0.2, 0) is 6.54 Å². The third-order valence-electron chi connectivity index (χ3n) is 5.81. The summed E-state index contributed by atoms with van der Waals surface area (Å²) < 4.78 is 0. The van der Waals surface area contributed by atoms with Crippen molar-refractivity contribution in [3.8, 4) is 0 Å². The zero-order valence-corrected chi connectivity index (χ0v) is 13.5. The Morgan fingerprint density at radius 2 is 1.68 bits per heavy atom. The topological polar surface area (TPSA) is 41.1 Å². The average molecular weight is 319 g/mol. The highest BCUT2D eigenvalue weighted by molar-refractivity contribution is 6.31. The fourth-order valence-electron chi connectivity index (χ4n) is 5.37. The van der Waals surface area contributed by atoms with E-state index >= 15 is 0 Å². The molecule has 1 aromatic rings. The van der Waals surface area contributed by atoms with Gasteiger partial charge in [-0.05, 0) is 67.9 Å². The van der Waals surface area contributed by atoms with Crippen molar-refractivity contribution in [2.24, 2.45) is 17.8 Å². The molecule has 4 fully saturated rings. The van der Waals surface area contributed by atoms with E-state index in [1.165, 1.54) is 38.5 Å². The second-order valence-electron chi connectivity index (χ2n) is 7.60. The van der Waals surface area contributed by atoms with Gasteiger partial charge in [0, 0.05) is 17.1 Å². The van der Waals surface area contributed by atoms with Gasteiger partial charge in [0.2, 0.25) is 0 Å². The number of hydrogen-bond acceptors (Lipinski definition) is 1. The molecule has 0 unspecified atom stereocenters. The normalized spacial score (nSPS) is 35.4. The van der Waals surface area contributed by atoms with Gasteiger partial charge in [-0.25, -0.2) is 4.79 Å². The summed E-state index contributed by atoms with van der Waals surface area (Å²) in [6.07, 6.45) is 7.71. The molecular formula is C18H23ClN2O. The molecule has 4 heteroatoms. The molecule has 22 heavy (non-hydrogen) atoms. The molecule has 3 nitrogen and oxygen atoms in total. The van der Waals surface area contributed by atoms with Crippen molar-refractivity contribution in [3.63, 3.8) is 0 Å². The Balaban J connectivity index is 1.37. The van der Waals surface area contributed by atoms with Crippen LogP contribution in [0.1, 0.15) is 44.1 Å². The molecule has 4 aliphatic carbocycles. The van der Waals surface area contributed by atoms with E-state index in [1.54, 1.807) is 0 Å². The fraction of sp³-hybridized carbons (Fsp3) is 0.611. The number of hydrogen-bond donors (Lipinski definition) is 2. The predicted molar refractivity (Wildman–Crippen MR) is 87.7 cm³/mol. The predicted octanol–water partition coefficient (Wildman–Crippen LogP) is 4.11. The zero-order chi connectivity index (χ0) is 15.2. The third-order valence-corrected chi connectivity index (χ3v) is 6.18.